The number of benzene rings is 1. The number of rotatable bonds is 5. The van der Waals surface area contributed by atoms with E-state index in [-0.39, 0.29) is 0 Å². The van der Waals surface area contributed by atoms with E-state index < -0.39 is 0 Å². The molecule has 1 aliphatic carbocycles. The van der Waals surface area contributed by atoms with E-state index in [0.717, 1.165) is 24.5 Å². The Morgan fingerprint density at radius 1 is 1.45 bits per heavy atom. The Balaban J connectivity index is 1.69. The molecule has 0 fully saturated rings. The van der Waals surface area contributed by atoms with Crippen LogP contribution in [0.15, 0.2) is 30.6 Å². The van der Waals surface area contributed by atoms with Gasteiger partial charge in [0, 0.05) is 25.5 Å². The summed E-state index contributed by atoms with van der Waals surface area (Å²) in [5, 5.41) is 3.53. The van der Waals surface area contributed by atoms with Gasteiger partial charge >= 0.3 is 0 Å². The van der Waals surface area contributed by atoms with E-state index in [9.17, 15) is 0 Å². The Morgan fingerprint density at radius 3 is 3.10 bits per heavy atom. The summed E-state index contributed by atoms with van der Waals surface area (Å²) in [6.45, 7) is 3.68. The number of ether oxygens (including phenoxy) is 1. The van der Waals surface area contributed by atoms with Gasteiger partial charge in [-0.25, -0.2) is 4.98 Å². The highest BCUT2D eigenvalue weighted by Gasteiger charge is 2.21. The summed E-state index contributed by atoms with van der Waals surface area (Å²) in [6, 6.07) is 6.95. The molecule has 4 heteroatoms. The zero-order valence-corrected chi connectivity index (χ0v) is 12.1. The summed E-state index contributed by atoms with van der Waals surface area (Å²) in [5.41, 5.74) is 2.84. The molecular formula is C16H21N3O. The lowest BCUT2D eigenvalue weighted by atomic mass is 10.1. The third-order valence-electron chi connectivity index (χ3n) is 3.93. The molecule has 1 aliphatic rings. The van der Waals surface area contributed by atoms with Crippen molar-refractivity contribution in [3.8, 4) is 5.75 Å². The zero-order chi connectivity index (χ0) is 13.9. The maximum Gasteiger partial charge on any atom is 0.146 e. The molecule has 1 N–H and O–H groups in total. The molecule has 106 valence electrons. The van der Waals surface area contributed by atoms with Crippen molar-refractivity contribution in [2.45, 2.75) is 32.4 Å². The molecule has 20 heavy (non-hydrogen) atoms. The zero-order valence-electron chi connectivity index (χ0n) is 12.1. The summed E-state index contributed by atoms with van der Waals surface area (Å²) in [5.74, 6) is 1.87. The number of aryl methyl sites for hydroxylation is 2. The number of hydrogen-bond donors (Lipinski definition) is 1. The van der Waals surface area contributed by atoms with Crippen molar-refractivity contribution in [1.29, 1.82) is 0 Å². The molecule has 0 amide bonds. The van der Waals surface area contributed by atoms with E-state index >= 15 is 0 Å². The van der Waals surface area contributed by atoms with E-state index in [2.05, 4.69) is 35.4 Å². The Bertz CT molecular complexity index is 591. The Morgan fingerprint density at radius 2 is 2.35 bits per heavy atom. The van der Waals surface area contributed by atoms with Crippen LogP contribution in [0.4, 0.5) is 0 Å². The van der Waals surface area contributed by atoms with Crippen molar-refractivity contribution < 1.29 is 4.74 Å². The average Bonchev–Trinajstić information content (AvgIpc) is 3.04. The fourth-order valence-corrected chi connectivity index (χ4v) is 2.83. The molecule has 3 rings (SSSR count). The molecule has 4 nitrogen and oxygen atoms in total. The second-order valence-corrected chi connectivity index (χ2v) is 5.25. The first-order valence-corrected chi connectivity index (χ1v) is 7.23. The summed E-state index contributed by atoms with van der Waals surface area (Å²) in [6.07, 6.45) is 6.05. The molecule has 1 aromatic heterocycles. The van der Waals surface area contributed by atoms with Gasteiger partial charge in [-0.2, -0.15) is 0 Å². The van der Waals surface area contributed by atoms with Gasteiger partial charge in [-0.05, 0) is 42.6 Å². The molecule has 1 aromatic carbocycles. The molecule has 0 bridgehead atoms. The highest BCUT2D eigenvalue weighted by atomic mass is 16.5. The highest BCUT2D eigenvalue weighted by molar-refractivity contribution is 5.40. The smallest absolute Gasteiger partial charge is 0.146 e. The van der Waals surface area contributed by atoms with Crippen LogP contribution in [0.2, 0.25) is 0 Å². The lowest BCUT2D eigenvalue weighted by molar-refractivity contribution is 0.291. The number of imidazole rings is 1. The van der Waals surface area contributed by atoms with Crippen LogP contribution in [0.25, 0.3) is 0 Å². The third kappa shape index (κ3) is 2.56. The van der Waals surface area contributed by atoms with Crippen molar-refractivity contribution in [2.24, 2.45) is 7.05 Å². The number of aromatic nitrogens is 2. The highest BCUT2D eigenvalue weighted by Crippen LogP contribution is 2.33. The van der Waals surface area contributed by atoms with Gasteiger partial charge in [-0.3, -0.25) is 0 Å². The van der Waals surface area contributed by atoms with Crippen LogP contribution in [0.3, 0.4) is 0 Å². The first-order valence-electron chi connectivity index (χ1n) is 7.23. The topological polar surface area (TPSA) is 39.1 Å². The van der Waals surface area contributed by atoms with Crippen LogP contribution in [-0.2, 0) is 20.1 Å². The second kappa shape index (κ2) is 5.67. The van der Waals surface area contributed by atoms with E-state index in [1.807, 2.05) is 17.8 Å². The molecule has 0 saturated carbocycles. The summed E-state index contributed by atoms with van der Waals surface area (Å²) < 4.78 is 7.83. The minimum atomic E-state index is 0.513. The van der Waals surface area contributed by atoms with E-state index in [1.165, 1.54) is 17.5 Å². The van der Waals surface area contributed by atoms with E-state index in [4.69, 9.17) is 4.74 Å². The quantitative estimate of drug-likeness (QED) is 0.908. The summed E-state index contributed by atoms with van der Waals surface area (Å²) in [7, 11) is 1.98. The Kier molecular flexibility index (Phi) is 3.74. The van der Waals surface area contributed by atoms with Crippen molar-refractivity contribution in [3.05, 3.63) is 47.5 Å². The number of nitrogens with one attached hydrogen (secondary N) is 1. The van der Waals surface area contributed by atoms with Gasteiger partial charge in [-0.1, -0.05) is 13.0 Å². The van der Waals surface area contributed by atoms with Crippen molar-refractivity contribution >= 4 is 0 Å². The minimum Gasteiger partial charge on any atom is -0.486 e. The second-order valence-electron chi connectivity index (χ2n) is 5.25. The molecule has 2 aromatic rings. The third-order valence-corrected chi connectivity index (χ3v) is 3.93. The first kappa shape index (κ1) is 13.2. The first-order chi connectivity index (χ1) is 9.78. The van der Waals surface area contributed by atoms with E-state index in [0.29, 0.717) is 12.6 Å². The van der Waals surface area contributed by atoms with E-state index in [1.54, 1.807) is 6.20 Å². The molecule has 0 aliphatic heterocycles. The van der Waals surface area contributed by atoms with Crippen molar-refractivity contribution in [1.82, 2.24) is 14.9 Å². The summed E-state index contributed by atoms with van der Waals surface area (Å²) in [4.78, 5) is 4.27. The van der Waals surface area contributed by atoms with Crippen LogP contribution in [0.5, 0.6) is 5.75 Å². The summed E-state index contributed by atoms with van der Waals surface area (Å²) >= 11 is 0. The van der Waals surface area contributed by atoms with Gasteiger partial charge in [0.2, 0.25) is 0 Å². The van der Waals surface area contributed by atoms with Crippen molar-refractivity contribution in [3.63, 3.8) is 0 Å². The Hall–Kier alpha value is -1.81. The molecule has 1 unspecified atom stereocenters. The van der Waals surface area contributed by atoms with Gasteiger partial charge in [0.1, 0.15) is 18.2 Å². The molecular weight excluding hydrogens is 250 g/mol. The van der Waals surface area contributed by atoms with Gasteiger partial charge < -0.3 is 14.6 Å². The molecule has 0 saturated heterocycles. The SMILES string of the molecule is CCNC1CCc2cc(OCc3nccn3C)ccc21. The van der Waals surface area contributed by atoms with Crippen LogP contribution in [0, 0.1) is 0 Å². The largest absolute Gasteiger partial charge is 0.486 e. The molecule has 0 spiro atoms. The standard InChI is InChI=1S/C16H21N3O/c1-3-17-15-7-4-12-10-13(5-6-14(12)15)20-11-16-18-8-9-19(16)2/h5-6,8-10,15,17H,3-4,7,11H2,1-2H3. The Labute approximate surface area is 119 Å². The fourth-order valence-electron chi connectivity index (χ4n) is 2.83. The maximum atomic E-state index is 5.85. The number of hydrogen-bond acceptors (Lipinski definition) is 3. The molecule has 1 heterocycles. The normalized spacial score (nSPS) is 17.2. The average molecular weight is 271 g/mol. The number of fused-ring (bicyclic) bond motifs is 1. The lowest BCUT2D eigenvalue weighted by Gasteiger charge is -2.13. The predicted molar refractivity (Wildman–Crippen MR) is 78.7 cm³/mol. The minimum absolute atomic E-state index is 0.513. The monoisotopic (exact) mass is 271 g/mol. The van der Waals surface area contributed by atoms with Gasteiger partial charge in [-0.15, -0.1) is 0 Å². The van der Waals surface area contributed by atoms with Gasteiger partial charge in [0.25, 0.3) is 0 Å². The lowest BCUT2D eigenvalue weighted by Crippen LogP contribution is -2.18. The molecule has 0 radical (unpaired) electrons. The van der Waals surface area contributed by atoms with Crippen LogP contribution in [-0.4, -0.2) is 16.1 Å². The van der Waals surface area contributed by atoms with Gasteiger partial charge in [0.15, 0.2) is 0 Å². The fraction of sp³-hybridized carbons (Fsp3) is 0.438. The van der Waals surface area contributed by atoms with Crippen molar-refractivity contribution in [2.75, 3.05) is 6.54 Å². The predicted octanol–water partition coefficient (Wildman–Crippen LogP) is 2.60. The van der Waals surface area contributed by atoms with Gasteiger partial charge in [0.05, 0.1) is 0 Å². The van der Waals surface area contributed by atoms with Crippen LogP contribution < -0.4 is 10.1 Å². The van der Waals surface area contributed by atoms with Crippen LogP contribution >= 0.6 is 0 Å². The maximum absolute atomic E-state index is 5.85. The molecule has 1 atom stereocenters. The van der Waals surface area contributed by atoms with Crippen LogP contribution in [0.1, 0.15) is 36.3 Å². The number of nitrogens with zero attached hydrogens (tertiary/aromatic N) is 2.